The Bertz CT molecular complexity index is 504. The Labute approximate surface area is 111 Å². The Morgan fingerprint density at radius 3 is 2.68 bits per heavy atom. The zero-order valence-electron chi connectivity index (χ0n) is 11.5. The number of carbonyl (C=O) groups is 1. The Kier molecular flexibility index (Phi) is 4.66. The molecule has 1 unspecified atom stereocenters. The number of hydrogen-bond acceptors (Lipinski definition) is 6. The second kappa shape index (κ2) is 5.83. The van der Waals surface area contributed by atoms with Crippen LogP contribution in [0.2, 0.25) is 0 Å². The van der Waals surface area contributed by atoms with Gasteiger partial charge in [-0.25, -0.2) is 9.78 Å². The number of hydrogen-bond donors (Lipinski definition) is 2. The van der Waals surface area contributed by atoms with E-state index in [1.807, 2.05) is 20.8 Å². The molecule has 1 atom stereocenters. The van der Waals surface area contributed by atoms with Crippen LogP contribution in [0, 0.1) is 0 Å². The predicted molar refractivity (Wildman–Crippen MR) is 70.0 cm³/mol. The molecule has 1 aromatic heterocycles. The van der Waals surface area contributed by atoms with Crippen LogP contribution in [0.5, 0.6) is 0 Å². The topological polar surface area (TPSA) is 93.4 Å². The van der Waals surface area contributed by atoms with Gasteiger partial charge in [0.05, 0.1) is 13.7 Å². The van der Waals surface area contributed by atoms with E-state index in [1.165, 1.54) is 17.9 Å². The first-order valence-electron chi connectivity index (χ1n) is 5.84. The number of aromatic nitrogens is 2. The summed E-state index contributed by atoms with van der Waals surface area (Å²) in [5.41, 5.74) is -0.770. The lowest BCUT2D eigenvalue weighted by Gasteiger charge is -2.23. The van der Waals surface area contributed by atoms with E-state index < -0.39 is 24.2 Å². The van der Waals surface area contributed by atoms with E-state index in [1.54, 1.807) is 6.20 Å². The second-order valence-corrected chi connectivity index (χ2v) is 5.02. The number of esters is 1. The molecule has 0 fully saturated rings. The van der Waals surface area contributed by atoms with Crippen LogP contribution in [0.4, 0.5) is 5.82 Å². The third-order valence-corrected chi connectivity index (χ3v) is 2.54. The first-order chi connectivity index (χ1) is 8.81. The van der Waals surface area contributed by atoms with Crippen LogP contribution >= 0.6 is 0 Å². The molecule has 19 heavy (non-hydrogen) atoms. The highest BCUT2D eigenvalue weighted by Gasteiger charge is 2.22. The maximum atomic E-state index is 12.2. The summed E-state index contributed by atoms with van der Waals surface area (Å²) in [6, 6.07) is -1.01. The Morgan fingerprint density at radius 2 is 2.21 bits per heavy atom. The Hall–Kier alpha value is -1.89. The zero-order chi connectivity index (χ0) is 14.6. The first kappa shape index (κ1) is 15.2. The Balaban J connectivity index is 3.09. The van der Waals surface area contributed by atoms with Crippen molar-refractivity contribution >= 4 is 11.8 Å². The fourth-order valence-electron chi connectivity index (χ4n) is 1.53. The van der Waals surface area contributed by atoms with E-state index in [4.69, 9.17) is 5.11 Å². The van der Waals surface area contributed by atoms with Gasteiger partial charge >= 0.3 is 5.97 Å². The molecule has 0 aliphatic rings. The number of aliphatic hydroxyl groups is 1. The predicted octanol–water partition coefficient (Wildman–Crippen LogP) is -0.0559. The van der Waals surface area contributed by atoms with Crippen molar-refractivity contribution in [3.8, 4) is 0 Å². The molecule has 0 spiro atoms. The highest BCUT2D eigenvalue weighted by molar-refractivity contribution is 5.78. The van der Waals surface area contributed by atoms with Crippen molar-refractivity contribution in [2.45, 2.75) is 32.4 Å². The van der Waals surface area contributed by atoms with E-state index >= 15 is 0 Å². The number of aliphatic hydroxyl groups excluding tert-OH is 1. The number of nitrogens with zero attached hydrogens (tertiary/aromatic N) is 2. The lowest BCUT2D eigenvalue weighted by atomic mass is 10.1. The summed E-state index contributed by atoms with van der Waals surface area (Å²) in [6.45, 7) is 5.14. The minimum Gasteiger partial charge on any atom is -0.467 e. The van der Waals surface area contributed by atoms with Crippen molar-refractivity contribution in [1.82, 2.24) is 9.55 Å². The van der Waals surface area contributed by atoms with Crippen LogP contribution in [0.1, 0.15) is 20.8 Å². The lowest BCUT2D eigenvalue weighted by molar-refractivity contribution is -0.142. The van der Waals surface area contributed by atoms with Crippen LogP contribution in [-0.2, 0) is 15.1 Å². The van der Waals surface area contributed by atoms with Crippen molar-refractivity contribution in [3.63, 3.8) is 0 Å². The van der Waals surface area contributed by atoms with Gasteiger partial charge in [0.15, 0.2) is 5.82 Å². The monoisotopic (exact) mass is 269 g/mol. The molecule has 0 aromatic carbocycles. The minimum absolute atomic E-state index is 0.00174. The lowest BCUT2D eigenvalue weighted by Crippen LogP contribution is -2.40. The van der Waals surface area contributed by atoms with Crippen LogP contribution < -0.4 is 10.9 Å². The maximum Gasteiger partial charge on any atom is 0.330 e. The number of ether oxygens (including phenoxy) is 1. The molecule has 0 aliphatic carbocycles. The van der Waals surface area contributed by atoms with E-state index in [9.17, 15) is 9.59 Å². The fourth-order valence-corrected chi connectivity index (χ4v) is 1.53. The first-order valence-corrected chi connectivity index (χ1v) is 5.84. The summed E-state index contributed by atoms with van der Waals surface area (Å²) in [6.07, 6.45) is 3.03. The van der Waals surface area contributed by atoms with Crippen LogP contribution in [-0.4, -0.2) is 40.4 Å². The van der Waals surface area contributed by atoms with Gasteiger partial charge < -0.3 is 19.7 Å². The van der Waals surface area contributed by atoms with Crippen LogP contribution in [0.25, 0.3) is 0 Å². The van der Waals surface area contributed by atoms with Crippen molar-refractivity contribution in [3.05, 3.63) is 22.7 Å². The zero-order valence-corrected chi connectivity index (χ0v) is 11.5. The summed E-state index contributed by atoms with van der Waals surface area (Å²) in [7, 11) is 1.21. The smallest absolute Gasteiger partial charge is 0.330 e. The largest absolute Gasteiger partial charge is 0.467 e. The summed E-state index contributed by atoms with van der Waals surface area (Å²) in [4.78, 5) is 27.4. The van der Waals surface area contributed by atoms with Crippen molar-refractivity contribution in [2.24, 2.45) is 0 Å². The van der Waals surface area contributed by atoms with Crippen molar-refractivity contribution in [2.75, 3.05) is 19.0 Å². The number of carbonyl (C=O) groups excluding carboxylic acids is 1. The molecule has 0 saturated carbocycles. The van der Waals surface area contributed by atoms with Gasteiger partial charge in [0.2, 0.25) is 0 Å². The fraction of sp³-hybridized carbons (Fsp3) is 0.583. The number of anilines is 1. The van der Waals surface area contributed by atoms with Gasteiger partial charge in [-0.3, -0.25) is 4.79 Å². The molecule has 1 aromatic rings. The summed E-state index contributed by atoms with van der Waals surface area (Å²) in [5, 5.41) is 11.7. The normalized spacial score (nSPS) is 12.9. The van der Waals surface area contributed by atoms with Gasteiger partial charge in [-0.2, -0.15) is 0 Å². The van der Waals surface area contributed by atoms with Gasteiger partial charge in [0.25, 0.3) is 5.56 Å². The van der Waals surface area contributed by atoms with E-state index in [0.29, 0.717) is 0 Å². The molecule has 2 N–H and O–H groups in total. The molecule has 0 aliphatic heterocycles. The summed E-state index contributed by atoms with van der Waals surface area (Å²) < 4.78 is 6.01. The number of rotatable bonds is 4. The molecular formula is C12H19N3O4. The number of nitrogens with one attached hydrogen (secondary N) is 1. The highest BCUT2D eigenvalue weighted by Crippen LogP contribution is 2.11. The molecule has 0 bridgehead atoms. The van der Waals surface area contributed by atoms with Gasteiger partial charge in [-0.1, -0.05) is 0 Å². The van der Waals surface area contributed by atoms with Crippen molar-refractivity contribution < 1.29 is 14.6 Å². The molecule has 1 heterocycles. The van der Waals surface area contributed by atoms with E-state index in [-0.39, 0.29) is 11.4 Å². The van der Waals surface area contributed by atoms with Gasteiger partial charge in [0, 0.05) is 17.9 Å². The molecule has 0 saturated heterocycles. The molecule has 7 nitrogen and oxygen atoms in total. The van der Waals surface area contributed by atoms with E-state index in [0.717, 1.165) is 0 Å². The molecule has 1 rings (SSSR count). The van der Waals surface area contributed by atoms with Crippen LogP contribution in [0.3, 0.4) is 0 Å². The Morgan fingerprint density at radius 1 is 1.58 bits per heavy atom. The highest BCUT2D eigenvalue weighted by atomic mass is 16.5. The van der Waals surface area contributed by atoms with E-state index in [2.05, 4.69) is 15.0 Å². The summed E-state index contributed by atoms with van der Waals surface area (Å²) in [5.74, 6) is -0.656. The standard InChI is InChI=1S/C12H19N3O4/c1-12(2,3)15-6-5-13-9(10(15)17)14-8(7-16)11(18)19-4/h5-6,8,16H,7H2,1-4H3,(H,13,14). The van der Waals surface area contributed by atoms with Crippen LogP contribution in [0.15, 0.2) is 17.2 Å². The quantitative estimate of drug-likeness (QED) is 0.744. The summed E-state index contributed by atoms with van der Waals surface area (Å²) >= 11 is 0. The second-order valence-electron chi connectivity index (χ2n) is 5.02. The van der Waals surface area contributed by atoms with Gasteiger partial charge in [-0.05, 0) is 20.8 Å². The third kappa shape index (κ3) is 3.54. The molecule has 106 valence electrons. The van der Waals surface area contributed by atoms with Gasteiger partial charge in [-0.15, -0.1) is 0 Å². The molecular weight excluding hydrogens is 250 g/mol. The molecule has 7 heteroatoms. The average Bonchev–Trinajstić information content (AvgIpc) is 2.35. The number of methoxy groups -OCH3 is 1. The van der Waals surface area contributed by atoms with Gasteiger partial charge in [0.1, 0.15) is 6.04 Å². The minimum atomic E-state index is -1.01. The third-order valence-electron chi connectivity index (χ3n) is 2.54. The SMILES string of the molecule is COC(=O)C(CO)Nc1nccn(C(C)(C)C)c1=O. The maximum absolute atomic E-state index is 12.2. The van der Waals surface area contributed by atoms with Crippen molar-refractivity contribution in [1.29, 1.82) is 0 Å². The average molecular weight is 269 g/mol. The molecule has 0 radical (unpaired) electrons. The molecule has 0 amide bonds.